The van der Waals surface area contributed by atoms with E-state index in [1.54, 1.807) is 0 Å². The number of aryl methyl sites for hydroxylation is 1. The molecule has 0 unspecified atom stereocenters. The Morgan fingerprint density at radius 2 is 1.86 bits per heavy atom. The van der Waals surface area contributed by atoms with Gasteiger partial charge in [-0.25, -0.2) is 0 Å². The molecular weight excluding hydrogens is 190 g/mol. The zero-order valence-electron chi connectivity index (χ0n) is 9.05. The zero-order valence-corrected chi connectivity index (χ0v) is 9.86. The van der Waals surface area contributed by atoms with Crippen molar-refractivity contribution in [3.05, 3.63) is 29.8 Å². The fourth-order valence-corrected chi connectivity index (χ4v) is 1.81. The molecule has 0 amide bonds. The van der Waals surface area contributed by atoms with Gasteiger partial charge < -0.3 is 5.32 Å². The van der Waals surface area contributed by atoms with Crippen LogP contribution in [0.1, 0.15) is 19.4 Å². The molecule has 0 radical (unpaired) electrons. The Balaban J connectivity index is 2.29. The van der Waals surface area contributed by atoms with Crippen LogP contribution in [0.15, 0.2) is 24.3 Å². The van der Waals surface area contributed by atoms with Crippen molar-refractivity contribution in [2.24, 2.45) is 0 Å². The van der Waals surface area contributed by atoms with Crippen molar-refractivity contribution in [1.82, 2.24) is 0 Å². The van der Waals surface area contributed by atoms with E-state index in [0.717, 1.165) is 13.0 Å². The summed E-state index contributed by atoms with van der Waals surface area (Å²) in [6.45, 7) is 5.44. The van der Waals surface area contributed by atoms with Gasteiger partial charge in [-0.15, -0.1) is 0 Å². The third-order valence-corrected chi connectivity index (χ3v) is 3.04. The predicted octanol–water partition coefficient (Wildman–Crippen LogP) is 3.41. The molecule has 78 valence electrons. The van der Waals surface area contributed by atoms with Crippen molar-refractivity contribution >= 4 is 17.4 Å². The maximum absolute atomic E-state index is 3.41. The smallest absolute Gasteiger partial charge is 0.0340 e. The van der Waals surface area contributed by atoms with E-state index in [1.165, 1.54) is 22.8 Å². The minimum atomic E-state index is 1.06. The van der Waals surface area contributed by atoms with E-state index in [-0.39, 0.29) is 0 Å². The third-order valence-electron chi connectivity index (χ3n) is 2.14. The van der Waals surface area contributed by atoms with Crippen LogP contribution in [-0.2, 0) is 6.42 Å². The van der Waals surface area contributed by atoms with Gasteiger partial charge in [0.05, 0.1) is 0 Å². The molecular formula is C12H19NS. The number of hydrogen-bond acceptors (Lipinski definition) is 2. The average molecular weight is 209 g/mol. The summed E-state index contributed by atoms with van der Waals surface area (Å²) in [4.78, 5) is 0. The molecule has 14 heavy (non-hydrogen) atoms. The van der Waals surface area contributed by atoms with E-state index in [4.69, 9.17) is 0 Å². The van der Waals surface area contributed by atoms with Gasteiger partial charge in [0, 0.05) is 18.0 Å². The highest BCUT2D eigenvalue weighted by molar-refractivity contribution is 7.99. The molecule has 1 nitrogen and oxygen atoms in total. The van der Waals surface area contributed by atoms with Crippen molar-refractivity contribution in [1.29, 1.82) is 0 Å². The highest BCUT2D eigenvalue weighted by atomic mass is 32.2. The van der Waals surface area contributed by atoms with Crippen molar-refractivity contribution in [2.75, 3.05) is 23.4 Å². The lowest BCUT2D eigenvalue weighted by atomic mass is 10.1. The maximum Gasteiger partial charge on any atom is 0.0340 e. The monoisotopic (exact) mass is 209 g/mol. The summed E-state index contributed by atoms with van der Waals surface area (Å²) in [6.07, 6.45) is 1.12. The number of thioether (sulfide) groups is 1. The molecule has 1 aromatic carbocycles. The molecule has 0 aliphatic carbocycles. The second kappa shape index (κ2) is 6.77. The minimum absolute atomic E-state index is 1.06. The van der Waals surface area contributed by atoms with Crippen LogP contribution in [-0.4, -0.2) is 18.1 Å². The average Bonchev–Trinajstić information content (AvgIpc) is 2.25. The number of anilines is 1. The summed E-state index contributed by atoms with van der Waals surface area (Å²) in [5.74, 6) is 2.39. The third kappa shape index (κ3) is 4.05. The second-order valence-corrected chi connectivity index (χ2v) is 4.57. The number of benzene rings is 1. The molecule has 0 saturated carbocycles. The summed E-state index contributed by atoms with van der Waals surface area (Å²) >= 11 is 1.97. The van der Waals surface area contributed by atoms with Crippen LogP contribution in [0.25, 0.3) is 0 Å². The van der Waals surface area contributed by atoms with E-state index in [2.05, 4.69) is 43.4 Å². The fraction of sp³-hybridized carbons (Fsp3) is 0.500. The van der Waals surface area contributed by atoms with Crippen molar-refractivity contribution in [3.8, 4) is 0 Å². The molecule has 1 aromatic rings. The fourth-order valence-electron chi connectivity index (χ4n) is 1.27. The summed E-state index contributed by atoms with van der Waals surface area (Å²) in [6, 6.07) is 8.70. The molecule has 1 N–H and O–H groups in total. The molecule has 0 bridgehead atoms. The van der Waals surface area contributed by atoms with Gasteiger partial charge in [0.1, 0.15) is 0 Å². The van der Waals surface area contributed by atoms with E-state index >= 15 is 0 Å². The summed E-state index contributed by atoms with van der Waals surface area (Å²) in [5.41, 5.74) is 2.64. The SMILES string of the molecule is CCSCCNc1ccc(CC)cc1. The van der Waals surface area contributed by atoms with Crippen LogP contribution in [0.5, 0.6) is 0 Å². The lowest BCUT2D eigenvalue weighted by Gasteiger charge is -2.06. The van der Waals surface area contributed by atoms with E-state index in [1.807, 2.05) is 11.8 Å². The first-order valence-corrected chi connectivity index (χ1v) is 6.42. The van der Waals surface area contributed by atoms with Gasteiger partial charge in [0.2, 0.25) is 0 Å². The highest BCUT2D eigenvalue weighted by Gasteiger charge is 1.92. The van der Waals surface area contributed by atoms with Crippen LogP contribution in [0.2, 0.25) is 0 Å². The van der Waals surface area contributed by atoms with Crippen molar-refractivity contribution in [3.63, 3.8) is 0 Å². The maximum atomic E-state index is 3.41. The summed E-state index contributed by atoms with van der Waals surface area (Å²) in [7, 11) is 0. The Bertz CT molecular complexity index is 243. The Morgan fingerprint density at radius 1 is 1.14 bits per heavy atom. The van der Waals surface area contributed by atoms with E-state index in [9.17, 15) is 0 Å². The number of rotatable bonds is 6. The molecule has 0 aliphatic heterocycles. The van der Waals surface area contributed by atoms with Crippen LogP contribution in [0.3, 0.4) is 0 Å². The van der Waals surface area contributed by atoms with Gasteiger partial charge in [-0.2, -0.15) is 11.8 Å². The number of nitrogens with one attached hydrogen (secondary N) is 1. The van der Waals surface area contributed by atoms with Gasteiger partial charge in [-0.1, -0.05) is 26.0 Å². The molecule has 2 heteroatoms. The second-order valence-electron chi connectivity index (χ2n) is 3.17. The van der Waals surface area contributed by atoms with Crippen molar-refractivity contribution in [2.45, 2.75) is 20.3 Å². The van der Waals surface area contributed by atoms with Crippen LogP contribution >= 0.6 is 11.8 Å². The van der Waals surface area contributed by atoms with Crippen molar-refractivity contribution < 1.29 is 0 Å². The van der Waals surface area contributed by atoms with Gasteiger partial charge >= 0.3 is 0 Å². The van der Waals surface area contributed by atoms with E-state index in [0.29, 0.717) is 0 Å². The molecule has 0 heterocycles. The van der Waals surface area contributed by atoms with Gasteiger partial charge in [0.15, 0.2) is 0 Å². The molecule has 0 spiro atoms. The molecule has 1 rings (SSSR count). The molecule has 0 fully saturated rings. The highest BCUT2D eigenvalue weighted by Crippen LogP contribution is 2.10. The van der Waals surface area contributed by atoms with E-state index < -0.39 is 0 Å². The lowest BCUT2D eigenvalue weighted by Crippen LogP contribution is -2.03. The Morgan fingerprint density at radius 3 is 2.43 bits per heavy atom. The normalized spacial score (nSPS) is 10.1. The first kappa shape index (κ1) is 11.4. The number of hydrogen-bond donors (Lipinski definition) is 1. The molecule has 0 aromatic heterocycles. The van der Waals surface area contributed by atoms with Crippen LogP contribution in [0.4, 0.5) is 5.69 Å². The Hall–Kier alpha value is -0.630. The molecule has 0 atom stereocenters. The topological polar surface area (TPSA) is 12.0 Å². The zero-order chi connectivity index (χ0) is 10.2. The Kier molecular flexibility index (Phi) is 5.53. The lowest BCUT2D eigenvalue weighted by molar-refractivity contribution is 1.14. The first-order chi connectivity index (χ1) is 6.86. The van der Waals surface area contributed by atoms with Gasteiger partial charge in [-0.05, 0) is 29.9 Å². The summed E-state index contributed by atoms with van der Waals surface area (Å²) < 4.78 is 0. The Labute approximate surface area is 91.3 Å². The van der Waals surface area contributed by atoms with Crippen LogP contribution < -0.4 is 5.32 Å². The first-order valence-electron chi connectivity index (χ1n) is 5.27. The largest absolute Gasteiger partial charge is 0.384 e. The van der Waals surface area contributed by atoms with Crippen LogP contribution in [0, 0.1) is 0 Å². The van der Waals surface area contributed by atoms with Gasteiger partial charge in [-0.3, -0.25) is 0 Å². The summed E-state index contributed by atoms with van der Waals surface area (Å²) in [5, 5.41) is 3.41. The minimum Gasteiger partial charge on any atom is -0.384 e. The molecule has 0 aliphatic rings. The standard InChI is InChI=1S/C12H19NS/c1-3-11-5-7-12(8-6-11)13-9-10-14-4-2/h5-8,13H,3-4,9-10H2,1-2H3. The quantitative estimate of drug-likeness (QED) is 0.721. The van der Waals surface area contributed by atoms with Gasteiger partial charge in [0.25, 0.3) is 0 Å². The predicted molar refractivity (Wildman–Crippen MR) is 67.3 cm³/mol. The molecule has 0 saturated heterocycles.